The van der Waals surface area contributed by atoms with Gasteiger partial charge in [0.25, 0.3) is 5.69 Å². The highest BCUT2D eigenvalue weighted by atomic mass is 16.6. The molecule has 2 aromatic carbocycles. The van der Waals surface area contributed by atoms with E-state index in [4.69, 9.17) is 10.00 Å². The normalized spacial score (nSPS) is 9.85. The van der Waals surface area contributed by atoms with Gasteiger partial charge in [0.1, 0.15) is 23.1 Å². The van der Waals surface area contributed by atoms with E-state index in [9.17, 15) is 10.1 Å². The molecule has 20 heavy (non-hydrogen) atoms. The zero-order valence-corrected chi connectivity index (χ0v) is 11.1. The minimum Gasteiger partial charge on any atom is -0.456 e. The molecule has 0 unspecified atom stereocenters. The number of nitro benzene ring substituents is 1. The van der Waals surface area contributed by atoms with Crippen molar-refractivity contribution in [1.29, 1.82) is 5.26 Å². The molecule has 0 amide bonds. The van der Waals surface area contributed by atoms with E-state index in [0.717, 1.165) is 11.1 Å². The second-order valence-electron chi connectivity index (χ2n) is 4.42. The number of ether oxygens (including phenoxy) is 1. The summed E-state index contributed by atoms with van der Waals surface area (Å²) in [4.78, 5) is 10.1. The second-order valence-corrected chi connectivity index (χ2v) is 4.42. The van der Waals surface area contributed by atoms with Crippen LogP contribution >= 0.6 is 0 Å². The number of hydrogen-bond acceptors (Lipinski definition) is 4. The molecule has 0 fully saturated rings. The number of rotatable bonds is 3. The van der Waals surface area contributed by atoms with Crippen molar-refractivity contribution < 1.29 is 9.66 Å². The van der Waals surface area contributed by atoms with Crippen LogP contribution < -0.4 is 4.74 Å². The van der Waals surface area contributed by atoms with E-state index in [1.54, 1.807) is 0 Å². The molecular formula is C15H12N2O3. The van der Waals surface area contributed by atoms with Crippen LogP contribution in [0.25, 0.3) is 0 Å². The quantitative estimate of drug-likeness (QED) is 0.625. The van der Waals surface area contributed by atoms with Gasteiger partial charge in [0, 0.05) is 12.1 Å². The van der Waals surface area contributed by atoms with Crippen molar-refractivity contribution in [2.45, 2.75) is 13.8 Å². The Balaban J connectivity index is 2.39. The van der Waals surface area contributed by atoms with Gasteiger partial charge < -0.3 is 4.74 Å². The Bertz CT molecular complexity index is 718. The summed E-state index contributed by atoms with van der Waals surface area (Å²) in [5, 5.41) is 19.7. The second kappa shape index (κ2) is 5.41. The minimum absolute atomic E-state index is 0.130. The number of aryl methyl sites for hydroxylation is 2. The summed E-state index contributed by atoms with van der Waals surface area (Å²) in [6.07, 6.45) is 0. The molecule has 2 aromatic rings. The molecule has 0 aliphatic carbocycles. The fourth-order valence-electron chi connectivity index (χ4n) is 1.84. The van der Waals surface area contributed by atoms with Gasteiger partial charge >= 0.3 is 0 Å². The SMILES string of the molecule is Cc1ccc(Oc2ccc([N+](=O)[O-])cc2C#N)c(C)c1. The van der Waals surface area contributed by atoms with E-state index in [2.05, 4.69) is 0 Å². The highest BCUT2D eigenvalue weighted by molar-refractivity contribution is 5.52. The highest BCUT2D eigenvalue weighted by Gasteiger charge is 2.12. The molecule has 5 heteroatoms. The smallest absolute Gasteiger partial charge is 0.271 e. The molecule has 0 spiro atoms. The summed E-state index contributed by atoms with van der Waals surface area (Å²) in [5.41, 5.74) is 2.06. The van der Waals surface area contributed by atoms with E-state index >= 15 is 0 Å². The predicted molar refractivity (Wildman–Crippen MR) is 73.8 cm³/mol. The molecular weight excluding hydrogens is 256 g/mol. The van der Waals surface area contributed by atoms with Crippen LogP contribution in [0.4, 0.5) is 5.69 Å². The van der Waals surface area contributed by atoms with Gasteiger partial charge in [-0.3, -0.25) is 10.1 Å². The molecule has 100 valence electrons. The van der Waals surface area contributed by atoms with Crippen LogP contribution in [0, 0.1) is 35.3 Å². The van der Waals surface area contributed by atoms with Crippen molar-refractivity contribution in [3.63, 3.8) is 0 Å². The molecule has 0 atom stereocenters. The van der Waals surface area contributed by atoms with Gasteiger partial charge in [-0.15, -0.1) is 0 Å². The van der Waals surface area contributed by atoms with Crippen LogP contribution in [0.15, 0.2) is 36.4 Å². The monoisotopic (exact) mass is 268 g/mol. The summed E-state index contributed by atoms with van der Waals surface area (Å²) in [7, 11) is 0. The molecule has 0 aliphatic heterocycles. The van der Waals surface area contributed by atoms with Gasteiger partial charge in [0.15, 0.2) is 0 Å². The van der Waals surface area contributed by atoms with Gasteiger partial charge in [-0.2, -0.15) is 5.26 Å². The lowest BCUT2D eigenvalue weighted by Gasteiger charge is -2.10. The van der Waals surface area contributed by atoms with Crippen molar-refractivity contribution in [2.24, 2.45) is 0 Å². The first kappa shape index (κ1) is 13.6. The number of benzene rings is 2. The van der Waals surface area contributed by atoms with Gasteiger partial charge in [-0.05, 0) is 31.5 Å². The third-order valence-corrected chi connectivity index (χ3v) is 2.84. The average molecular weight is 268 g/mol. The van der Waals surface area contributed by atoms with E-state index in [0.29, 0.717) is 11.5 Å². The van der Waals surface area contributed by atoms with E-state index in [1.807, 2.05) is 38.1 Å². The fraction of sp³-hybridized carbons (Fsp3) is 0.133. The van der Waals surface area contributed by atoms with Crippen LogP contribution in [0.2, 0.25) is 0 Å². The standard InChI is InChI=1S/C15H12N2O3/c1-10-3-5-14(11(2)7-10)20-15-6-4-13(17(18)19)8-12(15)9-16/h3-8H,1-2H3. The lowest BCUT2D eigenvalue weighted by molar-refractivity contribution is -0.384. The highest BCUT2D eigenvalue weighted by Crippen LogP contribution is 2.30. The number of non-ortho nitro benzene ring substituents is 1. The Labute approximate surface area is 116 Å². The Hall–Kier alpha value is -2.87. The minimum atomic E-state index is -0.540. The number of nitrogens with zero attached hydrogens (tertiary/aromatic N) is 2. The lowest BCUT2D eigenvalue weighted by Crippen LogP contribution is -1.94. The summed E-state index contributed by atoms with van der Waals surface area (Å²) >= 11 is 0. The van der Waals surface area contributed by atoms with Crippen LogP contribution in [-0.4, -0.2) is 4.92 Å². The molecule has 0 heterocycles. The predicted octanol–water partition coefficient (Wildman–Crippen LogP) is 3.88. The van der Waals surface area contributed by atoms with E-state index in [1.165, 1.54) is 18.2 Å². The molecule has 0 bridgehead atoms. The van der Waals surface area contributed by atoms with Gasteiger partial charge in [0.05, 0.1) is 4.92 Å². The average Bonchev–Trinajstić information content (AvgIpc) is 2.42. The zero-order valence-electron chi connectivity index (χ0n) is 11.1. The summed E-state index contributed by atoms with van der Waals surface area (Å²) in [6, 6.07) is 11.6. The Morgan fingerprint density at radius 1 is 1.15 bits per heavy atom. The first-order valence-electron chi connectivity index (χ1n) is 5.95. The summed E-state index contributed by atoms with van der Waals surface area (Å²) in [5.74, 6) is 0.936. The Morgan fingerprint density at radius 3 is 2.45 bits per heavy atom. The number of nitriles is 1. The third kappa shape index (κ3) is 2.75. The van der Waals surface area contributed by atoms with Crippen molar-refractivity contribution in [3.8, 4) is 17.6 Å². The summed E-state index contributed by atoms with van der Waals surface area (Å²) in [6.45, 7) is 3.88. The number of hydrogen-bond donors (Lipinski definition) is 0. The van der Waals surface area contributed by atoms with E-state index in [-0.39, 0.29) is 11.3 Å². The Kier molecular flexibility index (Phi) is 3.67. The topological polar surface area (TPSA) is 76.2 Å². The molecule has 0 N–H and O–H groups in total. The summed E-state index contributed by atoms with van der Waals surface area (Å²) < 4.78 is 5.68. The van der Waals surface area contributed by atoms with Crippen molar-refractivity contribution in [2.75, 3.05) is 0 Å². The maximum atomic E-state index is 10.7. The maximum absolute atomic E-state index is 10.7. The largest absolute Gasteiger partial charge is 0.456 e. The van der Waals surface area contributed by atoms with Crippen molar-refractivity contribution >= 4 is 5.69 Å². The van der Waals surface area contributed by atoms with Gasteiger partial charge in [-0.25, -0.2) is 0 Å². The molecule has 0 aliphatic rings. The van der Waals surface area contributed by atoms with Crippen LogP contribution in [0.3, 0.4) is 0 Å². The molecule has 0 aromatic heterocycles. The first-order valence-corrected chi connectivity index (χ1v) is 5.95. The molecule has 0 radical (unpaired) electrons. The molecule has 0 saturated carbocycles. The van der Waals surface area contributed by atoms with E-state index < -0.39 is 4.92 Å². The zero-order chi connectivity index (χ0) is 14.7. The fourth-order valence-corrected chi connectivity index (χ4v) is 1.84. The first-order chi connectivity index (χ1) is 9.51. The van der Waals surface area contributed by atoms with Crippen molar-refractivity contribution in [3.05, 3.63) is 63.2 Å². The molecule has 5 nitrogen and oxygen atoms in total. The van der Waals surface area contributed by atoms with Crippen LogP contribution in [0.1, 0.15) is 16.7 Å². The van der Waals surface area contributed by atoms with Crippen LogP contribution in [0.5, 0.6) is 11.5 Å². The van der Waals surface area contributed by atoms with Crippen molar-refractivity contribution in [1.82, 2.24) is 0 Å². The van der Waals surface area contributed by atoms with Crippen LogP contribution in [-0.2, 0) is 0 Å². The number of nitro groups is 1. The van der Waals surface area contributed by atoms with Gasteiger partial charge in [0.2, 0.25) is 0 Å². The lowest BCUT2D eigenvalue weighted by atomic mass is 10.1. The third-order valence-electron chi connectivity index (χ3n) is 2.84. The Morgan fingerprint density at radius 2 is 1.85 bits per heavy atom. The molecule has 0 saturated heterocycles. The molecule has 2 rings (SSSR count). The van der Waals surface area contributed by atoms with Gasteiger partial charge in [-0.1, -0.05) is 17.7 Å². The maximum Gasteiger partial charge on any atom is 0.271 e.